The monoisotopic (exact) mass is 699 g/mol. The Morgan fingerprint density at radius 3 is 2.13 bits per heavy atom. The molecule has 4 aromatic rings. The number of hydrogen-bond acceptors (Lipinski definition) is 4. The quantitative estimate of drug-likeness (QED) is 0.156. The van der Waals surface area contributed by atoms with Crippen LogP contribution in [0, 0.1) is 12.8 Å². The highest BCUT2D eigenvalue weighted by Crippen LogP contribution is 2.28. The van der Waals surface area contributed by atoms with Crippen LogP contribution in [0.4, 0.5) is 5.69 Å². The highest BCUT2D eigenvalue weighted by Gasteiger charge is 2.35. The number of aryl methyl sites for hydroxylation is 1. The fraction of sp³-hybridized carbons (Fsp3) is 0.257. The van der Waals surface area contributed by atoms with Crippen LogP contribution in [0.25, 0.3) is 0 Å². The molecule has 4 rings (SSSR count). The van der Waals surface area contributed by atoms with Crippen LogP contribution in [0.5, 0.6) is 0 Å². The molecular weight excluding hydrogens is 665 g/mol. The first-order chi connectivity index (χ1) is 21.8. The molecule has 0 unspecified atom stereocenters. The number of amides is 2. The topological polar surface area (TPSA) is 86.8 Å². The summed E-state index contributed by atoms with van der Waals surface area (Å²) in [5.74, 6) is -0.817. The van der Waals surface area contributed by atoms with Gasteiger partial charge in [0.05, 0.1) is 10.6 Å². The van der Waals surface area contributed by atoms with E-state index in [9.17, 15) is 18.0 Å². The molecule has 0 fully saturated rings. The van der Waals surface area contributed by atoms with Gasteiger partial charge in [-0.15, -0.1) is 0 Å². The lowest BCUT2D eigenvalue weighted by atomic mass is 10.0. The number of carbonyl (C=O) groups is 2. The van der Waals surface area contributed by atoms with Crippen molar-refractivity contribution in [2.24, 2.45) is 5.92 Å². The lowest BCUT2D eigenvalue weighted by molar-refractivity contribution is -0.140. The third-order valence-corrected chi connectivity index (χ3v) is 9.91. The summed E-state index contributed by atoms with van der Waals surface area (Å²) in [4.78, 5) is 29.8. The van der Waals surface area contributed by atoms with Gasteiger partial charge in [-0.1, -0.05) is 109 Å². The van der Waals surface area contributed by atoms with Crippen molar-refractivity contribution in [1.82, 2.24) is 10.2 Å². The Bertz CT molecular complexity index is 1770. The molecular formula is C35H36Cl3N3O4S. The number of rotatable bonds is 13. The Morgan fingerprint density at radius 2 is 1.50 bits per heavy atom. The van der Waals surface area contributed by atoms with Crippen molar-refractivity contribution in [2.75, 3.05) is 17.4 Å². The fourth-order valence-electron chi connectivity index (χ4n) is 4.81. The van der Waals surface area contributed by atoms with Gasteiger partial charge >= 0.3 is 0 Å². The lowest BCUT2D eigenvalue weighted by Gasteiger charge is -2.34. The van der Waals surface area contributed by atoms with Crippen molar-refractivity contribution in [1.29, 1.82) is 0 Å². The first kappa shape index (κ1) is 35.3. The molecule has 0 aliphatic rings. The average molecular weight is 701 g/mol. The second-order valence-corrected chi connectivity index (χ2v) is 14.5. The largest absolute Gasteiger partial charge is 0.354 e. The summed E-state index contributed by atoms with van der Waals surface area (Å²) >= 11 is 19.0. The van der Waals surface area contributed by atoms with Crippen LogP contribution in [-0.2, 0) is 32.6 Å². The summed E-state index contributed by atoms with van der Waals surface area (Å²) in [5.41, 5.74) is 2.46. The van der Waals surface area contributed by atoms with Crippen LogP contribution in [-0.4, -0.2) is 44.3 Å². The van der Waals surface area contributed by atoms with E-state index in [0.29, 0.717) is 27.2 Å². The maximum Gasteiger partial charge on any atom is 0.264 e. The molecule has 0 radical (unpaired) electrons. The van der Waals surface area contributed by atoms with Crippen LogP contribution in [0.3, 0.4) is 0 Å². The van der Waals surface area contributed by atoms with E-state index < -0.39 is 28.5 Å². The zero-order chi connectivity index (χ0) is 33.4. The van der Waals surface area contributed by atoms with E-state index in [1.807, 2.05) is 51.1 Å². The zero-order valence-electron chi connectivity index (χ0n) is 25.8. The van der Waals surface area contributed by atoms with Crippen LogP contribution in [0.2, 0.25) is 15.1 Å². The van der Waals surface area contributed by atoms with E-state index >= 15 is 0 Å². The van der Waals surface area contributed by atoms with Crippen molar-refractivity contribution >= 4 is 62.3 Å². The lowest BCUT2D eigenvalue weighted by Crippen LogP contribution is -2.53. The minimum atomic E-state index is -4.25. The van der Waals surface area contributed by atoms with Crippen molar-refractivity contribution in [3.8, 4) is 0 Å². The predicted molar refractivity (Wildman–Crippen MR) is 186 cm³/mol. The molecule has 0 aliphatic carbocycles. The van der Waals surface area contributed by atoms with Crippen molar-refractivity contribution in [3.05, 3.63) is 129 Å². The van der Waals surface area contributed by atoms with Gasteiger partial charge < -0.3 is 10.2 Å². The third kappa shape index (κ3) is 9.26. The standard InChI is InChI=1S/C35H36Cl3N3O4S/c1-24(2)21-39-35(43)33(18-26-8-5-4-6-9-26)40(22-27-14-15-29(37)20-32(27)38)34(42)23-41(30-11-7-10-28(36)19-30)46(44,45)31-16-12-25(3)13-17-31/h4-17,19-20,24,33H,18,21-23H2,1-3H3,(H,39,43)/t33-/m1/s1. The first-order valence-electron chi connectivity index (χ1n) is 14.7. The van der Waals surface area contributed by atoms with Gasteiger partial charge in [-0.3, -0.25) is 13.9 Å². The molecule has 7 nitrogen and oxygen atoms in total. The highest BCUT2D eigenvalue weighted by molar-refractivity contribution is 7.92. The summed E-state index contributed by atoms with van der Waals surface area (Å²) in [6, 6.07) is 25.9. The zero-order valence-corrected chi connectivity index (χ0v) is 28.9. The highest BCUT2D eigenvalue weighted by atomic mass is 35.5. The molecule has 0 bridgehead atoms. The van der Waals surface area contributed by atoms with Gasteiger partial charge in [0.2, 0.25) is 11.8 Å². The molecule has 0 aromatic heterocycles. The van der Waals surface area contributed by atoms with E-state index in [-0.39, 0.29) is 35.4 Å². The smallest absolute Gasteiger partial charge is 0.264 e. The first-order valence-corrected chi connectivity index (χ1v) is 17.3. The van der Waals surface area contributed by atoms with Gasteiger partial charge in [0.25, 0.3) is 10.0 Å². The third-order valence-electron chi connectivity index (χ3n) is 7.30. The maximum absolute atomic E-state index is 14.5. The fourth-order valence-corrected chi connectivity index (χ4v) is 6.87. The number of nitrogens with one attached hydrogen (secondary N) is 1. The number of sulfonamides is 1. The molecule has 1 N–H and O–H groups in total. The Labute approximate surface area is 286 Å². The second kappa shape index (κ2) is 15.8. The van der Waals surface area contributed by atoms with Gasteiger partial charge in [-0.25, -0.2) is 8.42 Å². The average Bonchev–Trinajstić information content (AvgIpc) is 3.01. The molecule has 46 heavy (non-hydrogen) atoms. The Hall–Kier alpha value is -3.56. The van der Waals surface area contributed by atoms with Crippen molar-refractivity contribution in [3.63, 3.8) is 0 Å². The molecule has 0 saturated carbocycles. The van der Waals surface area contributed by atoms with Gasteiger partial charge in [0.15, 0.2) is 0 Å². The Kier molecular flexibility index (Phi) is 12.1. The van der Waals surface area contributed by atoms with Crippen LogP contribution in [0.1, 0.15) is 30.5 Å². The molecule has 0 aliphatic heterocycles. The predicted octanol–water partition coefficient (Wildman–Crippen LogP) is 7.56. The maximum atomic E-state index is 14.5. The van der Waals surface area contributed by atoms with Gasteiger partial charge in [0.1, 0.15) is 12.6 Å². The summed E-state index contributed by atoms with van der Waals surface area (Å²) in [6.45, 7) is 5.51. The number of anilines is 1. The molecule has 242 valence electrons. The van der Waals surface area contributed by atoms with E-state index in [1.54, 1.807) is 48.5 Å². The molecule has 0 spiro atoms. The molecule has 4 aromatic carbocycles. The Morgan fingerprint density at radius 1 is 0.826 bits per heavy atom. The van der Waals surface area contributed by atoms with Gasteiger partial charge in [0, 0.05) is 34.6 Å². The summed E-state index contributed by atoms with van der Waals surface area (Å²) in [7, 11) is -4.25. The summed E-state index contributed by atoms with van der Waals surface area (Å²) in [5, 5.41) is 3.99. The number of carbonyl (C=O) groups excluding carboxylic acids is 2. The van der Waals surface area contributed by atoms with Crippen molar-refractivity contribution in [2.45, 2.75) is 44.7 Å². The number of halogens is 3. The van der Waals surface area contributed by atoms with Crippen LogP contribution in [0.15, 0.2) is 102 Å². The number of benzene rings is 4. The molecule has 1 atom stereocenters. The number of nitrogens with zero attached hydrogens (tertiary/aromatic N) is 2. The molecule has 0 heterocycles. The van der Waals surface area contributed by atoms with Gasteiger partial charge in [-0.05, 0) is 66.4 Å². The molecule has 11 heteroatoms. The SMILES string of the molecule is Cc1ccc(S(=O)(=O)N(CC(=O)N(Cc2ccc(Cl)cc2Cl)[C@H](Cc2ccccc2)C(=O)NCC(C)C)c2cccc(Cl)c2)cc1. The molecule has 0 saturated heterocycles. The summed E-state index contributed by atoms with van der Waals surface area (Å²) in [6.07, 6.45) is 0.184. The molecule has 2 amide bonds. The summed E-state index contributed by atoms with van der Waals surface area (Å²) < 4.78 is 29.3. The minimum Gasteiger partial charge on any atom is -0.354 e. The second-order valence-electron chi connectivity index (χ2n) is 11.4. The normalized spacial score (nSPS) is 12.1. The van der Waals surface area contributed by atoms with Crippen molar-refractivity contribution < 1.29 is 18.0 Å². The minimum absolute atomic E-state index is 0.00804. The van der Waals surface area contributed by atoms with Crippen LogP contribution < -0.4 is 9.62 Å². The number of hydrogen-bond donors (Lipinski definition) is 1. The van der Waals surface area contributed by atoms with E-state index in [0.717, 1.165) is 15.4 Å². The van der Waals surface area contributed by atoms with Crippen LogP contribution >= 0.6 is 34.8 Å². The van der Waals surface area contributed by atoms with E-state index in [1.165, 1.54) is 23.1 Å². The van der Waals surface area contributed by atoms with Gasteiger partial charge in [-0.2, -0.15) is 0 Å². The van der Waals surface area contributed by atoms with E-state index in [2.05, 4.69) is 5.32 Å². The Balaban J connectivity index is 1.82. The van der Waals surface area contributed by atoms with E-state index in [4.69, 9.17) is 34.8 Å².